The van der Waals surface area contributed by atoms with Gasteiger partial charge in [0.25, 0.3) is 11.6 Å². The molecular weight excluding hydrogens is 450 g/mol. The van der Waals surface area contributed by atoms with Crippen LogP contribution in [0.1, 0.15) is 36.7 Å². The van der Waals surface area contributed by atoms with Gasteiger partial charge < -0.3 is 10.1 Å². The summed E-state index contributed by atoms with van der Waals surface area (Å²) in [6.45, 7) is 6.32. The number of nitrogens with one attached hydrogen (secondary N) is 1. The van der Waals surface area contributed by atoms with Crippen LogP contribution in [-0.2, 0) is 19.7 Å². The number of non-ortho nitro benzene ring substituents is 1. The third kappa shape index (κ3) is 3.63. The molecule has 2 fully saturated rings. The van der Waals surface area contributed by atoms with Gasteiger partial charge in [0.1, 0.15) is 5.60 Å². The molecule has 0 radical (unpaired) electrons. The van der Waals surface area contributed by atoms with Crippen LogP contribution >= 0.6 is 0 Å². The normalized spacial score (nSPS) is 26.8. The summed E-state index contributed by atoms with van der Waals surface area (Å²) in [6.07, 6.45) is 2.95. The lowest BCUT2D eigenvalue weighted by Gasteiger charge is -2.29. The molecule has 2 aromatic carbocycles. The van der Waals surface area contributed by atoms with Crippen LogP contribution in [0.4, 0.5) is 11.4 Å². The van der Waals surface area contributed by atoms with Crippen molar-refractivity contribution in [3.05, 3.63) is 81.9 Å². The minimum absolute atomic E-state index is 0.0325. The van der Waals surface area contributed by atoms with E-state index in [-0.39, 0.29) is 29.2 Å². The van der Waals surface area contributed by atoms with Crippen LogP contribution in [0.25, 0.3) is 0 Å². The number of anilines is 1. The minimum atomic E-state index is -1.13. The van der Waals surface area contributed by atoms with Crippen molar-refractivity contribution < 1.29 is 24.0 Å². The van der Waals surface area contributed by atoms with E-state index in [4.69, 9.17) is 4.74 Å². The first-order valence-corrected chi connectivity index (χ1v) is 11.4. The predicted molar refractivity (Wildman–Crippen MR) is 127 cm³/mol. The molecule has 0 spiro atoms. The van der Waals surface area contributed by atoms with Gasteiger partial charge in [-0.15, -0.1) is 0 Å². The van der Waals surface area contributed by atoms with Gasteiger partial charge >= 0.3 is 0 Å². The Morgan fingerprint density at radius 2 is 1.74 bits per heavy atom. The molecule has 1 N–H and O–H groups in total. The van der Waals surface area contributed by atoms with Crippen LogP contribution in [0.15, 0.2) is 60.7 Å². The SMILES string of the molecule is CC(C)(C)c1ccc(C(=O)NCC23C=CC(O2)C2C(=O)N(c4ccc([N+](=O)[O-])cc4)C(=O)C23)cc1. The number of benzene rings is 2. The fourth-order valence-electron chi connectivity index (χ4n) is 5.13. The lowest BCUT2D eigenvalue weighted by molar-refractivity contribution is -0.384. The van der Waals surface area contributed by atoms with E-state index in [2.05, 4.69) is 26.1 Å². The highest BCUT2D eigenvalue weighted by atomic mass is 16.6. The van der Waals surface area contributed by atoms with Gasteiger partial charge in [-0.3, -0.25) is 24.5 Å². The quantitative estimate of drug-likeness (QED) is 0.307. The van der Waals surface area contributed by atoms with E-state index in [1.54, 1.807) is 24.3 Å². The number of carbonyl (C=O) groups excluding carboxylic acids is 3. The summed E-state index contributed by atoms with van der Waals surface area (Å²) in [7, 11) is 0. The number of hydrogen-bond acceptors (Lipinski definition) is 6. The maximum Gasteiger partial charge on any atom is 0.269 e. The number of nitro groups is 1. The van der Waals surface area contributed by atoms with Crippen molar-refractivity contribution in [3.63, 3.8) is 0 Å². The molecule has 3 aliphatic heterocycles. The maximum absolute atomic E-state index is 13.4. The van der Waals surface area contributed by atoms with Crippen LogP contribution < -0.4 is 10.2 Å². The number of fused-ring (bicyclic) bond motifs is 5. The Labute approximate surface area is 201 Å². The second-order valence-corrected chi connectivity index (χ2v) is 10.2. The number of carbonyl (C=O) groups is 3. The van der Waals surface area contributed by atoms with E-state index in [1.807, 2.05) is 12.1 Å². The molecule has 2 saturated heterocycles. The lowest BCUT2D eigenvalue weighted by Crippen LogP contribution is -2.48. The predicted octanol–water partition coefficient (Wildman–Crippen LogP) is 3.14. The van der Waals surface area contributed by atoms with Crippen LogP contribution in [-0.4, -0.2) is 40.9 Å². The number of hydrogen-bond donors (Lipinski definition) is 1. The van der Waals surface area contributed by atoms with Crippen molar-refractivity contribution in [3.8, 4) is 0 Å². The molecular formula is C26H25N3O6. The summed E-state index contributed by atoms with van der Waals surface area (Å²) in [5, 5.41) is 13.8. The number of amides is 3. The zero-order chi connectivity index (χ0) is 25.1. The molecule has 9 heteroatoms. The molecule has 3 amide bonds. The lowest BCUT2D eigenvalue weighted by atomic mass is 9.77. The molecule has 2 bridgehead atoms. The van der Waals surface area contributed by atoms with Gasteiger partial charge in [0, 0.05) is 17.7 Å². The van der Waals surface area contributed by atoms with Crippen molar-refractivity contribution in [1.82, 2.24) is 5.32 Å². The van der Waals surface area contributed by atoms with Gasteiger partial charge in [0.2, 0.25) is 11.8 Å². The number of nitro benzene ring substituents is 1. The molecule has 4 atom stereocenters. The Balaban J connectivity index is 1.34. The fraction of sp³-hybridized carbons (Fsp3) is 0.346. The minimum Gasteiger partial charge on any atom is -0.360 e. The molecule has 9 nitrogen and oxygen atoms in total. The van der Waals surface area contributed by atoms with Crippen LogP contribution in [0.2, 0.25) is 0 Å². The Kier molecular flexibility index (Phi) is 5.14. The number of imide groups is 1. The van der Waals surface area contributed by atoms with E-state index in [9.17, 15) is 24.5 Å². The van der Waals surface area contributed by atoms with Crippen molar-refractivity contribution in [2.24, 2.45) is 11.8 Å². The number of ether oxygens (including phenoxy) is 1. The van der Waals surface area contributed by atoms with Gasteiger partial charge in [-0.2, -0.15) is 0 Å². The monoisotopic (exact) mass is 475 g/mol. The van der Waals surface area contributed by atoms with E-state index in [0.717, 1.165) is 10.5 Å². The largest absolute Gasteiger partial charge is 0.360 e. The molecule has 4 unspecified atom stereocenters. The van der Waals surface area contributed by atoms with Gasteiger partial charge in [0.05, 0.1) is 35.1 Å². The average molecular weight is 476 g/mol. The molecule has 180 valence electrons. The van der Waals surface area contributed by atoms with Crippen LogP contribution in [0, 0.1) is 22.0 Å². The van der Waals surface area contributed by atoms with Gasteiger partial charge in [-0.25, -0.2) is 4.90 Å². The zero-order valence-corrected chi connectivity index (χ0v) is 19.6. The smallest absolute Gasteiger partial charge is 0.269 e. The summed E-state index contributed by atoms with van der Waals surface area (Å²) >= 11 is 0. The van der Waals surface area contributed by atoms with E-state index in [0.29, 0.717) is 5.56 Å². The molecule has 3 heterocycles. The summed E-state index contributed by atoms with van der Waals surface area (Å²) in [5.41, 5.74) is 0.583. The van der Waals surface area contributed by atoms with E-state index in [1.165, 1.54) is 24.3 Å². The first-order chi connectivity index (χ1) is 16.5. The van der Waals surface area contributed by atoms with E-state index < -0.39 is 40.3 Å². The second kappa shape index (κ2) is 7.84. The second-order valence-electron chi connectivity index (χ2n) is 10.2. The molecule has 3 aliphatic rings. The average Bonchev–Trinajstić information content (AvgIpc) is 3.47. The topological polar surface area (TPSA) is 119 Å². The molecule has 0 saturated carbocycles. The van der Waals surface area contributed by atoms with Gasteiger partial charge in [-0.05, 0) is 35.2 Å². The summed E-state index contributed by atoms with van der Waals surface area (Å²) in [5.74, 6) is -2.64. The molecule has 35 heavy (non-hydrogen) atoms. The molecule has 5 rings (SSSR count). The Morgan fingerprint density at radius 1 is 1.09 bits per heavy atom. The number of rotatable bonds is 5. The van der Waals surface area contributed by atoms with E-state index >= 15 is 0 Å². The standard InChI is InChI=1S/C26H25N3O6/c1-25(2,3)16-6-4-15(5-7-16)22(30)27-14-26-13-12-19(35-26)20-21(26)24(32)28(23(20)31)17-8-10-18(11-9-17)29(33)34/h4-13,19-21H,14H2,1-3H3,(H,27,30). The Bertz CT molecular complexity index is 1260. The Hall–Kier alpha value is -3.85. The highest BCUT2D eigenvalue weighted by Gasteiger charge is 2.67. The fourth-order valence-corrected chi connectivity index (χ4v) is 5.13. The van der Waals surface area contributed by atoms with Crippen LogP contribution in [0.3, 0.4) is 0 Å². The zero-order valence-electron chi connectivity index (χ0n) is 19.6. The molecule has 0 aliphatic carbocycles. The van der Waals surface area contributed by atoms with Crippen molar-refractivity contribution >= 4 is 29.1 Å². The Morgan fingerprint density at radius 3 is 2.34 bits per heavy atom. The highest BCUT2D eigenvalue weighted by Crippen LogP contribution is 2.52. The highest BCUT2D eigenvalue weighted by molar-refractivity contribution is 6.23. The van der Waals surface area contributed by atoms with Crippen molar-refractivity contribution in [1.29, 1.82) is 0 Å². The summed E-state index contributed by atoms with van der Waals surface area (Å²) in [6, 6.07) is 12.7. The first kappa shape index (κ1) is 22.9. The van der Waals surface area contributed by atoms with Crippen molar-refractivity contribution in [2.45, 2.75) is 37.9 Å². The maximum atomic E-state index is 13.4. The third-order valence-corrected chi connectivity index (χ3v) is 7.01. The van der Waals surface area contributed by atoms with Gasteiger partial charge in [0.15, 0.2) is 0 Å². The number of nitrogens with zero attached hydrogens (tertiary/aromatic N) is 2. The van der Waals surface area contributed by atoms with Crippen molar-refractivity contribution in [2.75, 3.05) is 11.4 Å². The first-order valence-electron chi connectivity index (χ1n) is 11.4. The third-order valence-electron chi connectivity index (χ3n) is 7.01. The van der Waals surface area contributed by atoms with Crippen LogP contribution in [0.5, 0.6) is 0 Å². The molecule has 0 aromatic heterocycles. The molecule has 2 aromatic rings. The van der Waals surface area contributed by atoms with Gasteiger partial charge in [-0.1, -0.05) is 45.1 Å². The summed E-state index contributed by atoms with van der Waals surface area (Å²) in [4.78, 5) is 50.9. The summed E-state index contributed by atoms with van der Waals surface area (Å²) < 4.78 is 6.07.